The molecule has 1 N–H and O–H groups in total. The Morgan fingerprint density at radius 2 is 1.76 bits per heavy atom. The number of benzene rings is 2. The fraction of sp³-hybridized carbons (Fsp3) is 0.333. The number of para-hydroxylation sites is 1. The highest BCUT2D eigenvalue weighted by Crippen LogP contribution is 2.33. The van der Waals surface area contributed by atoms with Gasteiger partial charge in [-0.15, -0.1) is 0 Å². The topological polar surface area (TPSA) is 30.5 Å². The molecule has 2 aromatic rings. The van der Waals surface area contributed by atoms with E-state index >= 15 is 0 Å². The molecule has 0 aliphatic heterocycles. The second-order valence-corrected chi connectivity index (χ2v) is 5.40. The van der Waals surface area contributed by atoms with E-state index in [-0.39, 0.29) is 0 Å². The number of hydrogen-bond acceptors (Lipinski definition) is 3. The van der Waals surface area contributed by atoms with E-state index < -0.39 is 0 Å². The van der Waals surface area contributed by atoms with Crippen LogP contribution in [-0.2, 0) is 6.54 Å². The Morgan fingerprint density at radius 1 is 1.00 bits per heavy atom. The van der Waals surface area contributed by atoms with Gasteiger partial charge in [-0.05, 0) is 30.7 Å². The van der Waals surface area contributed by atoms with E-state index in [0.29, 0.717) is 6.04 Å². The molecule has 0 heterocycles. The summed E-state index contributed by atoms with van der Waals surface area (Å²) >= 11 is 0. The normalized spacial score (nSPS) is 10.7. The Labute approximate surface area is 126 Å². The van der Waals surface area contributed by atoms with Gasteiger partial charge in [-0.2, -0.15) is 0 Å². The third-order valence-corrected chi connectivity index (χ3v) is 3.21. The van der Waals surface area contributed by atoms with E-state index in [1.807, 2.05) is 43.3 Å². The van der Waals surface area contributed by atoms with Crippen molar-refractivity contribution in [3.8, 4) is 17.2 Å². The average Bonchev–Trinajstić information content (AvgIpc) is 2.48. The number of aryl methyl sites for hydroxylation is 1. The molecular weight excluding hydrogens is 262 g/mol. The lowest BCUT2D eigenvalue weighted by atomic mass is 10.2. The van der Waals surface area contributed by atoms with Gasteiger partial charge in [0.15, 0.2) is 11.5 Å². The van der Waals surface area contributed by atoms with Crippen molar-refractivity contribution in [2.24, 2.45) is 0 Å². The first-order chi connectivity index (χ1) is 10.1. The van der Waals surface area contributed by atoms with Crippen LogP contribution in [0.4, 0.5) is 0 Å². The van der Waals surface area contributed by atoms with Crippen LogP contribution in [0.2, 0.25) is 0 Å². The zero-order valence-electron chi connectivity index (χ0n) is 13.1. The third kappa shape index (κ3) is 4.23. The van der Waals surface area contributed by atoms with Gasteiger partial charge in [0.1, 0.15) is 5.75 Å². The van der Waals surface area contributed by atoms with Gasteiger partial charge in [0.2, 0.25) is 0 Å². The molecule has 0 saturated carbocycles. The van der Waals surface area contributed by atoms with Crippen LogP contribution in [0.3, 0.4) is 0 Å². The third-order valence-electron chi connectivity index (χ3n) is 3.21. The maximum absolute atomic E-state index is 6.05. The molecule has 112 valence electrons. The second kappa shape index (κ2) is 7.14. The van der Waals surface area contributed by atoms with Crippen molar-refractivity contribution in [1.29, 1.82) is 0 Å². The molecule has 21 heavy (non-hydrogen) atoms. The van der Waals surface area contributed by atoms with Crippen LogP contribution in [-0.4, -0.2) is 13.2 Å². The van der Waals surface area contributed by atoms with Gasteiger partial charge in [-0.25, -0.2) is 0 Å². The molecule has 0 unspecified atom stereocenters. The number of rotatable bonds is 6. The summed E-state index contributed by atoms with van der Waals surface area (Å²) in [6.07, 6.45) is 0. The van der Waals surface area contributed by atoms with Gasteiger partial charge in [-0.1, -0.05) is 38.1 Å². The predicted molar refractivity (Wildman–Crippen MR) is 86.2 cm³/mol. The minimum atomic E-state index is 0.437. The number of ether oxygens (including phenoxy) is 2. The van der Waals surface area contributed by atoms with Crippen LogP contribution in [0, 0.1) is 6.92 Å². The molecule has 0 atom stereocenters. The lowest BCUT2D eigenvalue weighted by molar-refractivity contribution is 0.376. The molecule has 3 heteroatoms. The van der Waals surface area contributed by atoms with Crippen LogP contribution in [0.15, 0.2) is 42.5 Å². The Hall–Kier alpha value is -2.00. The van der Waals surface area contributed by atoms with Gasteiger partial charge < -0.3 is 14.8 Å². The standard InChI is InChI=1S/C18H23NO2/c1-13(2)19-12-15-7-5-6-8-16(15)21-17-10-9-14(3)11-18(17)20-4/h5-11,13,19H,12H2,1-4H3. The van der Waals surface area contributed by atoms with Crippen molar-refractivity contribution in [3.63, 3.8) is 0 Å². The Bertz CT molecular complexity index is 594. The molecule has 0 radical (unpaired) electrons. The smallest absolute Gasteiger partial charge is 0.169 e. The van der Waals surface area contributed by atoms with Gasteiger partial charge >= 0.3 is 0 Å². The maximum atomic E-state index is 6.05. The molecule has 0 aromatic heterocycles. The van der Waals surface area contributed by atoms with Gasteiger partial charge in [0, 0.05) is 18.2 Å². The number of methoxy groups -OCH3 is 1. The summed E-state index contributed by atoms with van der Waals surface area (Å²) in [7, 11) is 1.66. The largest absolute Gasteiger partial charge is 0.493 e. The first kappa shape index (κ1) is 15.4. The Kier molecular flexibility index (Phi) is 5.23. The van der Waals surface area contributed by atoms with Crippen molar-refractivity contribution in [1.82, 2.24) is 5.32 Å². The highest BCUT2D eigenvalue weighted by Gasteiger charge is 2.09. The van der Waals surface area contributed by atoms with E-state index in [2.05, 4.69) is 25.2 Å². The van der Waals surface area contributed by atoms with Gasteiger partial charge in [0.05, 0.1) is 7.11 Å². The monoisotopic (exact) mass is 285 g/mol. The summed E-state index contributed by atoms with van der Waals surface area (Å²) in [5.41, 5.74) is 2.28. The van der Waals surface area contributed by atoms with E-state index in [9.17, 15) is 0 Å². The Morgan fingerprint density at radius 3 is 2.48 bits per heavy atom. The van der Waals surface area contributed by atoms with E-state index in [1.165, 1.54) is 0 Å². The van der Waals surface area contributed by atoms with Crippen LogP contribution in [0.1, 0.15) is 25.0 Å². The van der Waals surface area contributed by atoms with E-state index in [0.717, 1.165) is 34.9 Å². The summed E-state index contributed by atoms with van der Waals surface area (Å²) in [5, 5.41) is 3.41. The van der Waals surface area contributed by atoms with Crippen LogP contribution < -0.4 is 14.8 Å². The van der Waals surface area contributed by atoms with Crippen molar-refractivity contribution in [2.75, 3.05) is 7.11 Å². The zero-order valence-corrected chi connectivity index (χ0v) is 13.1. The molecule has 0 aliphatic carbocycles. The molecule has 0 fully saturated rings. The molecule has 2 rings (SSSR count). The molecule has 0 saturated heterocycles. The molecule has 0 aliphatic rings. The average molecular weight is 285 g/mol. The maximum Gasteiger partial charge on any atom is 0.169 e. The number of hydrogen-bond donors (Lipinski definition) is 1. The SMILES string of the molecule is COc1cc(C)ccc1Oc1ccccc1CNC(C)C. The van der Waals surface area contributed by atoms with Crippen molar-refractivity contribution < 1.29 is 9.47 Å². The summed E-state index contributed by atoms with van der Waals surface area (Å²) in [5.74, 6) is 2.34. The van der Waals surface area contributed by atoms with Gasteiger partial charge in [0.25, 0.3) is 0 Å². The fourth-order valence-electron chi connectivity index (χ4n) is 2.04. The molecular formula is C18H23NO2. The minimum absolute atomic E-state index is 0.437. The van der Waals surface area contributed by atoms with Crippen molar-refractivity contribution in [3.05, 3.63) is 53.6 Å². The molecule has 0 spiro atoms. The second-order valence-electron chi connectivity index (χ2n) is 5.40. The predicted octanol–water partition coefficient (Wildman–Crippen LogP) is 4.29. The first-order valence-corrected chi connectivity index (χ1v) is 7.24. The molecule has 0 bridgehead atoms. The summed E-state index contributed by atoms with van der Waals surface area (Å²) in [4.78, 5) is 0. The van der Waals surface area contributed by atoms with Crippen LogP contribution >= 0.6 is 0 Å². The Balaban J connectivity index is 2.23. The van der Waals surface area contributed by atoms with Crippen molar-refractivity contribution in [2.45, 2.75) is 33.4 Å². The van der Waals surface area contributed by atoms with Gasteiger partial charge in [-0.3, -0.25) is 0 Å². The summed E-state index contributed by atoms with van der Waals surface area (Å²) in [6.45, 7) is 7.08. The van der Waals surface area contributed by atoms with Crippen LogP contribution in [0.5, 0.6) is 17.2 Å². The zero-order chi connectivity index (χ0) is 15.2. The van der Waals surface area contributed by atoms with Crippen LogP contribution in [0.25, 0.3) is 0 Å². The molecule has 3 nitrogen and oxygen atoms in total. The first-order valence-electron chi connectivity index (χ1n) is 7.24. The minimum Gasteiger partial charge on any atom is -0.493 e. The lowest BCUT2D eigenvalue weighted by Crippen LogP contribution is -2.22. The highest BCUT2D eigenvalue weighted by atomic mass is 16.5. The van der Waals surface area contributed by atoms with E-state index in [4.69, 9.17) is 9.47 Å². The van der Waals surface area contributed by atoms with E-state index in [1.54, 1.807) is 7.11 Å². The fourth-order valence-corrected chi connectivity index (χ4v) is 2.04. The summed E-state index contributed by atoms with van der Waals surface area (Å²) in [6, 6.07) is 14.4. The lowest BCUT2D eigenvalue weighted by Gasteiger charge is -2.15. The summed E-state index contributed by atoms with van der Waals surface area (Å²) < 4.78 is 11.4. The molecule has 0 amide bonds. The highest BCUT2D eigenvalue weighted by molar-refractivity contribution is 5.46. The number of nitrogens with one attached hydrogen (secondary N) is 1. The van der Waals surface area contributed by atoms with Crippen molar-refractivity contribution >= 4 is 0 Å². The quantitative estimate of drug-likeness (QED) is 0.858. The molecule has 2 aromatic carbocycles.